The van der Waals surface area contributed by atoms with Crippen LogP contribution in [0.3, 0.4) is 0 Å². The Hall–Kier alpha value is -2.90. The zero-order valence-corrected chi connectivity index (χ0v) is 15.5. The first-order chi connectivity index (χ1) is 12.6. The molecule has 132 valence electrons. The minimum atomic E-state index is -0.137. The second-order valence-corrected chi connectivity index (χ2v) is 7.12. The van der Waals surface area contributed by atoms with Crippen molar-refractivity contribution in [2.75, 3.05) is 25.2 Å². The summed E-state index contributed by atoms with van der Waals surface area (Å²) in [6.07, 6.45) is 1.70. The van der Waals surface area contributed by atoms with Crippen LogP contribution in [0.5, 0.6) is 0 Å². The number of hydrogen-bond acceptors (Lipinski definition) is 3. The monoisotopic (exact) mass is 345 g/mol. The molecule has 0 aliphatic carbocycles. The number of likely N-dealkylation sites (N-methyl/N-ethyl adjacent to an activating group) is 1. The average Bonchev–Trinajstić information content (AvgIpc) is 2.88. The molecule has 0 radical (unpaired) electrons. The van der Waals surface area contributed by atoms with Crippen LogP contribution in [0, 0.1) is 0 Å². The highest BCUT2D eigenvalue weighted by Crippen LogP contribution is 2.46. The van der Waals surface area contributed by atoms with E-state index < -0.39 is 0 Å². The molecule has 0 N–H and O–H groups in total. The van der Waals surface area contributed by atoms with Crippen molar-refractivity contribution in [1.82, 2.24) is 0 Å². The number of fused-ring (bicyclic) bond motifs is 1. The fraction of sp³-hybridized carbons (Fsp3) is 0.261. The summed E-state index contributed by atoms with van der Waals surface area (Å²) in [6.45, 7) is 5.62. The molecule has 0 spiro atoms. The Morgan fingerprint density at radius 2 is 1.73 bits per heavy atom. The molecular weight excluding hydrogens is 322 g/mol. The number of para-hydroxylation sites is 1. The molecule has 0 aromatic heterocycles. The van der Waals surface area contributed by atoms with Gasteiger partial charge in [-0.2, -0.15) is 0 Å². The van der Waals surface area contributed by atoms with Crippen molar-refractivity contribution in [3.8, 4) is 0 Å². The Morgan fingerprint density at radius 3 is 2.42 bits per heavy atom. The molecular formula is C23H23NO2. The summed E-state index contributed by atoms with van der Waals surface area (Å²) < 4.78 is 11.4. The highest BCUT2D eigenvalue weighted by molar-refractivity contribution is 5.79. The normalized spacial score (nSPS) is 17.6. The molecule has 3 nitrogen and oxygen atoms in total. The van der Waals surface area contributed by atoms with Gasteiger partial charge in [-0.05, 0) is 31.0 Å². The summed E-state index contributed by atoms with van der Waals surface area (Å²) in [5.41, 5.74) is 9.18. The van der Waals surface area contributed by atoms with Gasteiger partial charge in [-0.1, -0.05) is 54.3 Å². The van der Waals surface area contributed by atoms with Gasteiger partial charge in [0.1, 0.15) is 19.5 Å². The maximum Gasteiger partial charge on any atom is 0.169 e. The number of benzene rings is 2. The number of ether oxygens (including phenoxy) is 2. The lowest BCUT2D eigenvalue weighted by molar-refractivity contribution is 0.0941. The molecule has 0 saturated heterocycles. The molecule has 4 rings (SSSR count). The van der Waals surface area contributed by atoms with E-state index in [1.807, 2.05) is 18.2 Å². The molecule has 3 heteroatoms. The third kappa shape index (κ3) is 2.71. The van der Waals surface area contributed by atoms with Crippen LogP contribution >= 0.6 is 0 Å². The van der Waals surface area contributed by atoms with Crippen LogP contribution in [0.4, 0.5) is 5.69 Å². The van der Waals surface area contributed by atoms with Crippen molar-refractivity contribution >= 4 is 11.3 Å². The Balaban J connectivity index is 1.96. The lowest BCUT2D eigenvalue weighted by Crippen LogP contribution is -2.22. The Labute approximate surface area is 154 Å². The molecule has 0 atom stereocenters. The van der Waals surface area contributed by atoms with Crippen LogP contribution in [0.2, 0.25) is 0 Å². The van der Waals surface area contributed by atoms with Gasteiger partial charge in [0.05, 0.1) is 11.3 Å². The lowest BCUT2D eigenvalue weighted by Gasteiger charge is -2.23. The fourth-order valence-electron chi connectivity index (χ4n) is 3.70. The highest BCUT2D eigenvalue weighted by Gasteiger charge is 2.38. The molecule has 26 heavy (non-hydrogen) atoms. The fourth-order valence-corrected chi connectivity index (χ4v) is 3.70. The van der Waals surface area contributed by atoms with Crippen molar-refractivity contribution < 1.29 is 9.47 Å². The first-order valence-corrected chi connectivity index (χ1v) is 8.94. The first kappa shape index (κ1) is 16.6. The van der Waals surface area contributed by atoms with E-state index in [0.717, 1.165) is 22.6 Å². The standard InChI is InChI=1S/C23H23NO2/c1-23(2)19-11-7-8-12-20(19)24(3)22(23)15-18(17-9-5-4-6-10-17)21-16-25-13-14-26-21/h4-12,16H,13-14H2,1-3H3. The lowest BCUT2D eigenvalue weighted by atomic mass is 9.84. The van der Waals surface area contributed by atoms with Gasteiger partial charge in [-0.15, -0.1) is 0 Å². The van der Waals surface area contributed by atoms with E-state index >= 15 is 0 Å². The molecule has 2 heterocycles. The quantitative estimate of drug-likeness (QED) is 0.725. The second-order valence-electron chi connectivity index (χ2n) is 7.12. The van der Waals surface area contributed by atoms with Gasteiger partial charge in [0.15, 0.2) is 5.76 Å². The Morgan fingerprint density at radius 1 is 1.00 bits per heavy atom. The molecule has 0 fully saturated rings. The number of anilines is 1. The summed E-state index contributed by atoms with van der Waals surface area (Å²) in [5.74, 6) is 0.732. The summed E-state index contributed by atoms with van der Waals surface area (Å²) in [6, 6.07) is 18.8. The molecule has 2 aliphatic rings. The molecule has 2 aromatic rings. The smallest absolute Gasteiger partial charge is 0.169 e. The minimum absolute atomic E-state index is 0.137. The summed E-state index contributed by atoms with van der Waals surface area (Å²) in [7, 11) is 2.10. The van der Waals surface area contributed by atoms with Crippen molar-refractivity contribution in [3.05, 3.63) is 89.2 Å². The Bertz CT molecular complexity index is 918. The maximum absolute atomic E-state index is 5.89. The van der Waals surface area contributed by atoms with E-state index in [9.17, 15) is 0 Å². The van der Waals surface area contributed by atoms with Crippen LogP contribution in [0.15, 0.2) is 78.0 Å². The van der Waals surface area contributed by atoms with Crippen LogP contribution in [-0.2, 0) is 14.9 Å². The van der Waals surface area contributed by atoms with Crippen LogP contribution < -0.4 is 4.90 Å². The van der Waals surface area contributed by atoms with E-state index in [4.69, 9.17) is 9.47 Å². The van der Waals surface area contributed by atoms with E-state index in [0.29, 0.717) is 13.2 Å². The molecule has 2 aromatic carbocycles. The summed E-state index contributed by atoms with van der Waals surface area (Å²) in [4.78, 5) is 2.22. The van der Waals surface area contributed by atoms with Gasteiger partial charge in [-0.25, -0.2) is 0 Å². The molecule has 0 amide bonds. The molecule has 2 aliphatic heterocycles. The predicted octanol–water partition coefficient (Wildman–Crippen LogP) is 4.87. The predicted molar refractivity (Wildman–Crippen MR) is 105 cm³/mol. The summed E-state index contributed by atoms with van der Waals surface area (Å²) in [5, 5.41) is 0. The SMILES string of the molecule is CN1C(=C=C(C2=COCCO2)c2ccccc2)C(C)(C)c2ccccc21. The van der Waals surface area contributed by atoms with Crippen molar-refractivity contribution in [1.29, 1.82) is 0 Å². The molecule has 0 saturated carbocycles. The topological polar surface area (TPSA) is 21.7 Å². The number of nitrogens with zero attached hydrogens (tertiary/aromatic N) is 1. The van der Waals surface area contributed by atoms with Gasteiger partial charge in [0.2, 0.25) is 0 Å². The van der Waals surface area contributed by atoms with E-state index in [1.54, 1.807) is 6.26 Å². The van der Waals surface area contributed by atoms with Crippen LogP contribution in [-0.4, -0.2) is 20.3 Å². The van der Waals surface area contributed by atoms with Gasteiger partial charge in [0, 0.05) is 18.2 Å². The van der Waals surface area contributed by atoms with Gasteiger partial charge in [-0.3, -0.25) is 0 Å². The number of rotatable bonds is 2. The summed E-state index contributed by atoms with van der Waals surface area (Å²) >= 11 is 0. The number of allylic oxidation sites excluding steroid dienone is 1. The zero-order chi connectivity index (χ0) is 18.1. The van der Waals surface area contributed by atoms with Crippen LogP contribution in [0.1, 0.15) is 25.0 Å². The third-order valence-electron chi connectivity index (χ3n) is 5.07. The van der Waals surface area contributed by atoms with Crippen LogP contribution in [0.25, 0.3) is 5.57 Å². The van der Waals surface area contributed by atoms with E-state index in [1.165, 1.54) is 11.3 Å². The number of hydrogen-bond donors (Lipinski definition) is 0. The van der Waals surface area contributed by atoms with Crippen molar-refractivity contribution in [2.24, 2.45) is 0 Å². The molecule has 0 bridgehead atoms. The maximum atomic E-state index is 5.89. The first-order valence-electron chi connectivity index (χ1n) is 8.94. The van der Waals surface area contributed by atoms with Crippen molar-refractivity contribution in [2.45, 2.75) is 19.3 Å². The van der Waals surface area contributed by atoms with Gasteiger partial charge < -0.3 is 14.4 Å². The average molecular weight is 345 g/mol. The Kier molecular flexibility index (Phi) is 4.10. The van der Waals surface area contributed by atoms with E-state index in [-0.39, 0.29) is 5.41 Å². The molecule has 0 unspecified atom stereocenters. The van der Waals surface area contributed by atoms with E-state index in [2.05, 4.69) is 67.9 Å². The largest absolute Gasteiger partial charge is 0.494 e. The second kappa shape index (κ2) is 6.44. The zero-order valence-electron chi connectivity index (χ0n) is 15.5. The highest BCUT2D eigenvalue weighted by atomic mass is 16.6. The minimum Gasteiger partial charge on any atom is -0.494 e. The third-order valence-corrected chi connectivity index (χ3v) is 5.07. The van der Waals surface area contributed by atoms with Crippen molar-refractivity contribution in [3.63, 3.8) is 0 Å². The van der Waals surface area contributed by atoms with Gasteiger partial charge in [0.25, 0.3) is 0 Å². The van der Waals surface area contributed by atoms with Gasteiger partial charge >= 0.3 is 0 Å².